The van der Waals surface area contributed by atoms with Gasteiger partial charge in [0, 0.05) is 32.3 Å². The van der Waals surface area contributed by atoms with Crippen LogP contribution >= 0.6 is 0 Å². The number of nitrogens with zero attached hydrogens (tertiary/aromatic N) is 1. The molecule has 1 aliphatic rings. The fraction of sp³-hybridized carbons (Fsp3) is 0.625. The van der Waals surface area contributed by atoms with E-state index in [4.69, 9.17) is 15.2 Å². The molecule has 4 heteroatoms. The molecule has 1 aromatic carbocycles. The predicted octanol–water partition coefficient (Wildman–Crippen LogP) is 2.01. The molecule has 2 rings (SSSR count). The van der Waals surface area contributed by atoms with Gasteiger partial charge in [0.1, 0.15) is 5.75 Å². The smallest absolute Gasteiger partial charge is 0.123 e. The van der Waals surface area contributed by atoms with E-state index in [0.717, 1.165) is 30.9 Å². The van der Waals surface area contributed by atoms with Crippen LogP contribution < -0.4 is 10.5 Å². The third kappa shape index (κ3) is 3.51. The van der Waals surface area contributed by atoms with Gasteiger partial charge in [0.2, 0.25) is 0 Å². The Balaban J connectivity index is 2.09. The Bertz CT molecular complexity index is 436. The minimum atomic E-state index is 0.326. The fourth-order valence-electron chi connectivity index (χ4n) is 2.87. The SMILES string of the molecule is COc1ccc(CN)cc1CN1CCC(C)C(OC)C1. The van der Waals surface area contributed by atoms with Gasteiger partial charge in [-0.3, -0.25) is 4.90 Å². The Labute approximate surface area is 121 Å². The van der Waals surface area contributed by atoms with Gasteiger partial charge in [0.15, 0.2) is 0 Å². The number of piperidine rings is 1. The quantitative estimate of drug-likeness (QED) is 0.895. The van der Waals surface area contributed by atoms with Crippen molar-refractivity contribution in [2.24, 2.45) is 11.7 Å². The topological polar surface area (TPSA) is 47.7 Å². The van der Waals surface area contributed by atoms with Gasteiger partial charge in [0.25, 0.3) is 0 Å². The summed E-state index contributed by atoms with van der Waals surface area (Å²) < 4.78 is 11.0. The first-order valence-corrected chi connectivity index (χ1v) is 7.29. The summed E-state index contributed by atoms with van der Waals surface area (Å²) in [5.74, 6) is 1.57. The Hall–Kier alpha value is -1.10. The number of ether oxygens (including phenoxy) is 2. The van der Waals surface area contributed by atoms with E-state index in [-0.39, 0.29) is 0 Å². The molecule has 1 saturated heterocycles. The standard InChI is InChI=1S/C16H26N2O2/c1-12-6-7-18(11-16(12)20-3)10-14-8-13(9-17)4-5-15(14)19-2/h4-5,8,12,16H,6-7,9-11,17H2,1-3H3. The molecule has 1 heterocycles. The normalized spacial score (nSPS) is 23.8. The van der Waals surface area contributed by atoms with Gasteiger partial charge in [-0.1, -0.05) is 13.0 Å². The minimum Gasteiger partial charge on any atom is -0.496 e. The van der Waals surface area contributed by atoms with Crippen molar-refractivity contribution in [3.8, 4) is 5.75 Å². The maximum Gasteiger partial charge on any atom is 0.123 e. The zero-order chi connectivity index (χ0) is 14.5. The number of rotatable bonds is 5. The summed E-state index contributed by atoms with van der Waals surface area (Å²) in [6.45, 7) is 5.81. The van der Waals surface area contributed by atoms with Crippen LogP contribution in [0.15, 0.2) is 18.2 Å². The van der Waals surface area contributed by atoms with Crippen molar-refractivity contribution in [1.82, 2.24) is 4.90 Å². The first-order valence-electron chi connectivity index (χ1n) is 7.29. The summed E-state index contributed by atoms with van der Waals surface area (Å²) >= 11 is 0. The summed E-state index contributed by atoms with van der Waals surface area (Å²) in [7, 11) is 3.53. The Morgan fingerprint density at radius 1 is 1.35 bits per heavy atom. The molecule has 1 aliphatic heterocycles. The molecule has 0 radical (unpaired) electrons. The summed E-state index contributed by atoms with van der Waals surface area (Å²) in [6, 6.07) is 6.19. The van der Waals surface area contributed by atoms with E-state index >= 15 is 0 Å². The molecule has 1 aromatic rings. The van der Waals surface area contributed by atoms with Crippen LogP contribution in [0.2, 0.25) is 0 Å². The van der Waals surface area contributed by atoms with Crippen LogP contribution in [-0.4, -0.2) is 38.3 Å². The number of benzene rings is 1. The summed E-state index contributed by atoms with van der Waals surface area (Å²) in [4.78, 5) is 2.44. The van der Waals surface area contributed by atoms with E-state index in [1.54, 1.807) is 14.2 Å². The molecule has 0 amide bonds. The van der Waals surface area contributed by atoms with Crippen LogP contribution in [0.3, 0.4) is 0 Å². The summed E-state index contributed by atoms with van der Waals surface area (Å²) in [5.41, 5.74) is 8.09. The number of methoxy groups -OCH3 is 2. The zero-order valence-electron chi connectivity index (χ0n) is 12.8. The Kier molecular flexibility index (Phi) is 5.40. The van der Waals surface area contributed by atoms with Gasteiger partial charge in [-0.25, -0.2) is 0 Å². The fourth-order valence-corrected chi connectivity index (χ4v) is 2.87. The molecule has 20 heavy (non-hydrogen) atoms. The van der Waals surface area contributed by atoms with Crippen molar-refractivity contribution in [2.45, 2.75) is 32.5 Å². The molecule has 2 atom stereocenters. The van der Waals surface area contributed by atoms with Crippen molar-refractivity contribution >= 4 is 0 Å². The third-order valence-electron chi connectivity index (χ3n) is 4.25. The van der Waals surface area contributed by atoms with Gasteiger partial charge < -0.3 is 15.2 Å². The van der Waals surface area contributed by atoms with Crippen molar-refractivity contribution in [1.29, 1.82) is 0 Å². The molecule has 1 fully saturated rings. The number of likely N-dealkylation sites (tertiary alicyclic amines) is 1. The average Bonchev–Trinajstić information content (AvgIpc) is 2.49. The molecule has 112 valence electrons. The largest absolute Gasteiger partial charge is 0.496 e. The van der Waals surface area contributed by atoms with Gasteiger partial charge in [-0.2, -0.15) is 0 Å². The van der Waals surface area contributed by atoms with Gasteiger partial charge >= 0.3 is 0 Å². The van der Waals surface area contributed by atoms with Gasteiger partial charge in [-0.15, -0.1) is 0 Å². The Morgan fingerprint density at radius 2 is 2.15 bits per heavy atom. The molecule has 0 bridgehead atoms. The highest BCUT2D eigenvalue weighted by Crippen LogP contribution is 2.25. The maximum absolute atomic E-state index is 5.73. The summed E-state index contributed by atoms with van der Waals surface area (Å²) in [6.07, 6.45) is 1.50. The molecule has 2 unspecified atom stereocenters. The first-order chi connectivity index (χ1) is 9.67. The summed E-state index contributed by atoms with van der Waals surface area (Å²) in [5, 5.41) is 0. The molecule has 2 N–H and O–H groups in total. The lowest BCUT2D eigenvalue weighted by Crippen LogP contribution is -2.43. The van der Waals surface area contributed by atoms with Crippen LogP contribution in [0, 0.1) is 5.92 Å². The molecule has 0 spiro atoms. The van der Waals surface area contributed by atoms with Crippen molar-refractivity contribution in [3.05, 3.63) is 29.3 Å². The van der Waals surface area contributed by atoms with E-state index in [2.05, 4.69) is 17.9 Å². The van der Waals surface area contributed by atoms with Crippen LogP contribution in [0.25, 0.3) is 0 Å². The van der Waals surface area contributed by atoms with Gasteiger partial charge in [0.05, 0.1) is 13.2 Å². The van der Waals surface area contributed by atoms with Crippen LogP contribution in [0.4, 0.5) is 0 Å². The van der Waals surface area contributed by atoms with E-state index in [1.807, 2.05) is 12.1 Å². The van der Waals surface area contributed by atoms with Crippen molar-refractivity contribution in [2.75, 3.05) is 27.3 Å². The van der Waals surface area contributed by atoms with Crippen molar-refractivity contribution < 1.29 is 9.47 Å². The third-order valence-corrected chi connectivity index (χ3v) is 4.25. The molecular formula is C16H26N2O2. The van der Waals surface area contributed by atoms with E-state index in [1.165, 1.54) is 12.0 Å². The minimum absolute atomic E-state index is 0.326. The van der Waals surface area contributed by atoms with Crippen LogP contribution in [-0.2, 0) is 17.8 Å². The van der Waals surface area contributed by atoms with E-state index in [0.29, 0.717) is 18.6 Å². The lowest BCUT2D eigenvalue weighted by atomic mass is 9.95. The highest BCUT2D eigenvalue weighted by Gasteiger charge is 2.26. The molecule has 0 aliphatic carbocycles. The highest BCUT2D eigenvalue weighted by atomic mass is 16.5. The highest BCUT2D eigenvalue weighted by molar-refractivity contribution is 5.37. The number of hydrogen-bond donors (Lipinski definition) is 1. The number of hydrogen-bond acceptors (Lipinski definition) is 4. The zero-order valence-corrected chi connectivity index (χ0v) is 12.8. The average molecular weight is 278 g/mol. The second-order valence-corrected chi connectivity index (χ2v) is 5.63. The van der Waals surface area contributed by atoms with Gasteiger partial charge in [-0.05, 0) is 36.6 Å². The maximum atomic E-state index is 5.73. The molecule has 0 aromatic heterocycles. The lowest BCUT2D eigenvalue weighted by Gasteiger charge is -2.36. The molecular weight excluding hydrogens is 252 g/mol. The molecule has 4 nitrogen and oxygen atoms in total. The number of nitrogens with two attached hydrogens (primary N) is 1. The first kappa shape index (κ1) is 15.3. The predicted molar refractivity (Wildman–Crippen MR) is 80.7 cm³/mol. The van der Waals surface area contributed by atoms with E-state index in [9.17, 15) is 0 Å². The monoisotopic (exact) mass is 278 g/mol. The van der Waals surface area contributed by atoms with Crippen molar-refractivity contribution in [3.63, 3.8) is 0 Å². The van der Waals surface area contributed by atoms with Crippen LogP contribution in [0.1, 0.15) is 24.5 Å². The van der Waals surface area contributed by atoms with Crippen LogP contribution in [0.5, 0.6) is 5.75 Å². The second-order valence-electron chi connectivity index (χ2n) is 5.63. The lowest BCUT2D eigenvalue weighted by molar-refractivity contribution is -0.00762. The Morgan fingerprint density at radius 3 is 2.80 bits per heavy atom. The molecule has 0 saturated carbocycles. The van der Waals surface area contributed by atoms with E-state index < -0.39 is 0 Å². The second kappa shape index (κ2) is 7.07.